The highest BCUT2D eigenvalue weighted by molar-refractivity contribution is 6.32. The molecule has 37 heavy (non-hydrogen) atoms. The van der Waals surface area contributed by atoms with Gasteiger partial charge in [0, 0.05) is 30.7 Å². The summed E-state index contributed by atoms with van der Waals surface area (Å²) >= 11 is 12.6. The molecule has 0 aliphatic carbocycles. The van der Waals surface area contributed by atoms with Gasteiger partial charge in [0.05, 0.1) is 24.3 Å². The van der Waals surface area contributed by atoms with Gasteiger partial charge in [0.15, 0.2) is 5.78 Å². The lowest BCUT2D eigenvalue weighted by Crippen LogP contribution is -2.41. The Labute approximate surface area is 226 Å². The van der Waals surface area contributed by atoms with E-state index >= 15 is 0 Å². The first-order valence-electron chi connectivity index (χ1n) is 11.8. The third-order valence-corrected chi connectivity index (χ3v) is 6.75. The van der Waals surface area contributed by atoms with Crippen LogP contribution in [0.2, 0.25) is 10.0 Å². The van der Waals surface area contributed by atoms with Gasteiger partial charge in [-0.1, -0.05) is 65.7 Å². The summed E-state index contributed by atoms with van der Waals surface area (Å²) in [6.07, 6.45) is 4.53. The molecule has 0 spiro atoms. The molecule has 0 bridgehead atoms. The molecule has 7 heteroatoms. The number of methoxy groups -OCH3 is 2. The molecule has 0 radical (unpaired) electrons. The molecule has 190 valence electrons. The van der Waals surface area contributed by atoms with Crippen LogP contribution >= 0.6 is 23.2 Å². The zero-order valence-corrected chi connectivity index (χ0v) is 22.2. The Morgan fingerprint density at radius 1 is 0.838 bits per heavy atom. The van der Waals surface area contributed by atoms with Gasteiger partial charge in [-0.3, -0.25) is 9.59 Å². The number of hydrogen-bond donors (Lipinski definition) is 0. The van der Waals surface area contributed by atoms with Gasteiger partial charge >= 0.3 is 0 Å². The fraction of sp³-hybridized carbons (Fsp3) is 0.200. The number of amides is 1. The maximum atomic E-state index is 13.5. The summed E-state index contributed by atoms with van der Waals surface area (Å²) in [5.74, 6) is 0.960. The molecule has 1 saturated heterocycles. The molecule has 1 aliphatic heterocycles. The van der Waals surface area contributed by atoms with Gasteiger partial charge in [0.2, 0.25) is 5.91 Å². The van der Waals surface area contributed by atoms with Crippen molar-refractivity contribution in [2.24, 2.45) is 0 Å². The number of hydrogen-bond acceptors (Lipinski definition) is 4. The molecule has 4 rings (SSSR count). The van der Waals surface area contributed by atoms with Gasteiger partial charge in [0.25, 0.3) is 0 Å². The Balaban J connectivity index is 1.65. The molecule has 1 aliphatic rings. The highest BCUT2D eigenvalue weighted by Gasteiger charge is 2.29. The van der Waals surface area contributed by atoms with E-state index < -0.39 is 0 Å². The Hall–Kier alpha value is -3.54. The number of Topliss-reactive ketones (excluding diaryl/α,β-unsaturated/α-hetero) is 1. The number of piperidine rings is 1. The number of ether oxygens (including phenoxy) is 2. The lowest BCUT2D eigenvalue weighted by atomic mass is 9.93. The number of carbonyl (C=O) groups excluding carboxylic acids is 2. The lowest BCUT2D eigenvalue weighted by molar-refractivity contribution is -0.131. The molecule has 1 fully saturated rings. The van der Waals surface area contributed by atoms with Crippen LogP contribution in [-0.4, -0.2) is 43.9 Å². The van der Waals surface area contributed by atoms with Gasteiger partial charge < -0.3 is 14.4 Å². The average molecular weight is 536 g/mol. The van der Waals surface area contributed by atoms with E-state index in [1.54, 1.807) is 55.5 Å². The molecule has 0 atom stereocenters. The fourth-order valence-electron chi connectivity index (χ4n) is 4.22. The summed E-state index contributed by atoms with van der Waals surface area (Å²) in [6, 6.07) is 20.5. The van der Waals surface area contributed by atoms with Crippen molar-refractivity contribution in [3.05, 3.63) is 105 Å². The zero-order chi connectivity index (χ0) is 26.4. The molecule has 3 aromatic rings. The number of carbonyl (C=O) groups is 2. The number of ketones is 1. The Morgan fingerprint density at radius 2 is 1.35 bits per heavy atom. The number of halogens is 2. The van der Waals surface area contributed by atoms with Crippen molar-refractivity contribution in [2.45, 2.75) is 12.8 Å². The van der Waals surface area contributed by atoms with Crippen molar-refractivity contribution >= 4 is 47.0 Å². The van der Waals surface area contributed by atoms with Gasteiger partial charge in [-0.2, -0.15) is 0 Å². The Morgan fingerprint density at radius 3 is 1.81 bits per heavy atom. The SMILES string of the molecule is COc1ccc(/C=C2\CN(C(=O)CCc3ccccc3)C/C(=C\c3ccc(OC)c(Cl)c3)C2=O)cc1Cl. The molecule has 0 saturated carbocycles. The van der Waals surface area contributed by atoms with Crippen molar-refractivity contribution in [3.63, 3.8) is 0 Å². The summed E-state index contributed by atoms with van der Waals surface area (Å²) < 4.78 is 10.5. The largest absolute Gasteiger partial charge is 0.495 e. The van der Waals surface area contributed by atoms with Crippen LogP contribution in [0.5, 0.6) is 11.5 Å². The van der Waals surface area contributed by atoms with Crippen LogP contribution in [0.15, 0.2) is 77.9 Å². The van der Waals surface area contributed by atoms with Crippen LogP contribution < -0.4 is 9.47 Å². The van der Waals surface area contributed by atoms with Crippen LogP contribution in [0.25, 0.3) is 12.2 Å². The monoisotopic (exact) mass is 535 g/mol. The van der Waals surface area contributed by atoms with Gasteiger partial charge in [-0.05, 0) is 59.5 Å². The standard InChI is InChI=1S/C30H27Cl2NO4/c1-36-27-11-8-21(16-25(27)31)14-23-18-33(29(34)13-10-20-6-4-3-5-7-20)19-24(30(23)35)15-22-9-12-28(37-2)26(32)17-22/h3-9,11-12,14-17H,10,13,18-19H2,1-2H3/b23-14+,24-15+. The highest BCUT2D eigenvalue weighted by Crippen LogP contribution is 2.30. The number of benzene rings is 3. The molecule has 0 N–H and O–H groups in total. The second-order valence-electron chi connectivity index (χ2n) is 8.69. The summed E-state index contributed by atoms with van der Waals surface area (Å²) in [7, 11) is 3.09. The van der Waals surface area contributed by atoms with Crippen molar-refractivity contribution in [2.75, 3.05) is 27.3 Å². The predicted octanol–water partition coefficient (Wildman–Crippen LogP) is 6.52. The zero-order valence-electron chi connectivity index (χ0n) is 20.7. The first-order valence-corrected chi connectivity index (χ1v) is 12.6. The van der Waals surface area contributed by atoms with Gasteiger partial charge in [-0.25, -0.2) is 0 Å². The van der Waals surface area contributed by atoms with Crippen LogP contribution in [0.4, 0.5) is 0 Å². The van der Waals surface area contributed by atoms with Crippen LogP contribution in [0, 0.1) is 0 Å². The topological polar surface area (TPSA) is 55.8 Å². The quantitative estimate of drug-likeness (QED) is 0.323. The number of nitrogens with zero attached hydrogens (tertiary/aromatic N) is 1. The first-order chi connectivity index (χ1) is 17.9. The third-order valence-electron chi connectivity index (χ3n) is 6.16. The van der Waals surface area contributed by atoms with E-state index in [1.165, 1.54) is 0 Å². The summed E-state index contributed by atoms with van der Waals surface area (Å²) in [5.41, 5.74) is 3.60. The second-order valence-corrected chi connectivity index (χ2v) is 9.51. The van der Waals surface area contributed by atoms with E-state index in [1.807, 2.05) is 42.5 Å². The smallest absolute Gasteiger partial charge is 0.223 e. The van der Waals surface area contributed by atoms with Crippen LogP contribution in [-0.2, 0) is 16.0 Å². The number of rotatable bonds is 7. The number of aryl methyl sites for hydroxylation is 1. The molecule has 1 heterocycles. The minimum atomic E-state index is -0.119. The number of likely N-dealkylation sites (tertiary alicyclic amines) is 1. The molecule has 5 nitrogen and oxygen atoms in total. The van der Waals surface area contributed by atoms with Crippen molar-refractivity contribution < 1.29 is 19.1 Å². The normalized spacial score (nSPS) is 15.8. The van der Waals surface area contributed by atoms with E-state index in [0.717, 1.165) is 16.7 Å². The van der Waals surface area contributed by atoms with E-state index in [0.29, 0.717) is 45.5 Å². The van der Waals surface area contributed by atoms with Crippen LogP contribution in [0.1, 0.15) is 23.1 Å². The van der Waals surface area contributed by atoms with E-state index in [-0.39, 0.29) is 24.8 Å². The van der Waals surface area contributed by atoms with Crippen molar-refractivity contribution in [1.29, 1.82) is 0 Å². The second kappa shape index (κ2) is 12.1. The van der Waals surface area contributed by atoms with E-state index in [4.69, 9.17) is 32.7 Å². The van der Waals surface area contributed by atoms with Crippen LogP contribution in [0.3, 0.4) is 0 Å². The minimum Gasteiger partial charge on any atom is -0.495 e. The van der Waals surface area contributed by atoms with Gasteiger partial charge in [0.1, 0.15) is 11.5 Å². The molecular weight excluding hydrogens is 509 g/mol. The Kier molecular flexibility index (Phi) is 8.70. The molecule has 0 unspecified atom stereocenters. The first kappa shape index (κ1) is 26.5. The van der Waals surface area contributed by atoms with E-state index in [9.17, 15) is 9.59 Å². The van der Waals surface area contributed by atoms with E-state index in [2.05, 4.69) is 0 Å². The minimum absolute atomic E-state index is 0.0197. The van der Waals surface area contributed by atoms with Crippen molar-refractivity contribution in [1.82, 2.24) is 4.90 Å². The Bertz CT molecular complexity index is 1290. The molecule has 3 aromatic carbocycles. The summed E-state index contributed by atoms with van der Waals surface area (Å²) in [4.78, 5) is 28.5. The molecule has 0 aromatic heterocycles. The highest BCUT2D eigenvalue weighted by atomic mass is 35.5. The summed E-state index contributed by atoms with van der Waals surface area (Å²) in [5, 5.41) is 0.888. The lowest BCUT2D eigenvalue weighted by Gasteiger charge is -2.30. The fourth-order valence-corrected chi connectivity index (χ4v) is 4.75. The maximum Gasteiger partial charge on any atom is 0.223 e. The third kappa shape index (κ3) is 6.62. The summed E-state index contributed by atoms with van der Waals surface area (Å²) in [6.45, 7) is 0.438. The predicted molar refractivity (Wildman–Crippen MR) is 148 cm³/mol. The molecular formula is C30H27Cl2NO4. The maximum absolute atomic E-state index is 13.5. The molecule has 1 amide bonds. The van der Waals surface area contributed by atoms with Crippen molar-refractivity contribution in [3.8, 4) is 11.5 Å². The van der Waals surface area contributed by atoms with Gasteiger partial charge in [-0.15, -0.1) is 0 Å². The average Bonchev–Trinajstić information content (AvgIpc) is 2.90.